The Morgan fingerprint density at radius 2 is 0.745 bits per heavy atom. The first kappa shape index (κ1) is 39.7. The zero-order valence-corrected chi connectivity index (χ0v) is 34.6. The summed E-state index contributed by atoms with van der Waals surface area (Å²) in [6.07, 6.45) is 0. The number of rotatable bonds is 6. The third-order valence-electron chi connectivity index (χ3n) is 8.46. The molecule has 0 spiro atoms. The quantitative estimate of drug-likeness (QED) is 0.0932. The van der Waals surface area contributed by atoms with Crippen molar-refractivity contribution in [3.63, 3.8) is 0 Å². The van der Waals surface area contributed by atoms with Crippen LogP contribution in [0.2, 0.25) is 0 Å². The van der Waals surface area contributed by atoms with Gasteiger partial charge in [-0.15, -0.1) is 10.2 Å². The van der Waals surface area contributed by atoms with Crippen molar-refractivity contribution < 1.29 is 36.2 Å². The number of aromatic hydroxyl groups is 2. The van der Waals surface area contributed by atoms with Gasteiger partial charge in [-0.3, -0.25) is 0 Å². The van der Waals surface area contributed by atoms with Crippen molar-refractivity contribution in [3.8, 4) is 11.5 Å². The minimum Gasteiger partial charge on any atom is -0.744 e. The van der Waals surface area contributed by atoms with Gasteiger partial charge in [0.25, 0.3) is 0 Å². The monoisotopic (exact) mass is 892 g/mol. The molecule has 8 aromatic rings. The van der Waals surface area contributed by atoms with E-state index in [4.69, 9.17) is 0 Å². The van der Waals surface area contributed by atoms with Crippen LogP contribution in [0.1, 0.15) is 0 Å². The largest absolute Gasteiger partial charge is 2.00 e. The molecule has 15 heteroatoms. The third-order valence-corrected chi connectivity index (χ3v) is 10.1. The maximum atomic E-state index is 11.1. The topological polar surface area (TPSA) is 204 Å². The summed E-state index contributed by atoms with van der Waals surface area (Å²) >= 11 is 0. The van der Waals surface area contributed by atoms with Crippen molar-refractivity contribution in [1.82, 2.24) is 0 Å². The summed E-state index contributed by atoms with van der Waals surface area (Å²) in [4.78, 5) is -0.546. The van der Waals surface area contributed by atoms with Gasteiger partial charge in [0.15, 0.2) is 0 Å². The standard InChI is InChI=1S/2C20H14N2O4S.Ba/c2*23-19-10-7-13-3-1-2-4-18(13)20(19)22-21-16-8-5-15-12-17(27(24,25)26)9-6-14(15)11-16;/h2*1-12,23H,(H,24,25,26);/q;;+2/p-2. The normalized spacial score (nSPS) is 12.0. The van der Waals surface area contributed by atoms with Crippen LogP contribution in [-0.4, -0.2) is 85.0 Å². The van der Waals surface area contributed by atoms with Crippen molar-refractivity contribution in [2.75, 3.05) is 0 Å². The van der Waals surface area contributed by atoms with Gasteiger partial charge in [0.05, 0.1) is 21.2 Å². The number of fused-ring (bicyclic) bond motifs is 4. The number of phenolic OH excluding ortho intramolecular Hbond substituents is 2. The Balaban J connectivity index is 0.000000184. The molecule has 0 bridgehead atoms. The fourth-order valence-corrected chi connectivity index (χ4v) is 6.78. The van der Waals surface area contributed by atoms with Gasteiger partial charge in [-0.25, -0.2) is 16.8 Å². The second-order valence-corrected chi connectivity index (χ2v) is 14.8. The van der Waals surface area contributed by atoms with Gasteiger partial charge in [-0.05, 0) is 93.0 Å². The van der Waals surface area contributed by atoms with Gasteiger partial charge >= 0.3 is 48.9 Å². The molecular weight excluding hydrogens is 866 g/mol. The van der Waals surface area contributed by atoms with Gasteiger partial charge in [0, 0.05) is 10.8 Å². The molecule has 268 valence electrons. The molecule has 8 aromatic carbocycles. The van der Waals surface area contributed by atoms with Gasteiger partial charge < -0.3 is 19.3 Å². The summed E-state index contributed by atoms with van der Waals surface area (Å²) in [5, 5.41) is 43.1. The smallest absolute Gasteiger partial charge is 0.744 e. The van der Waals surface area contributed by atoms with Gasteiger partial charge in [0.1, 0.15) is 43.1 Å². The molecule has 0 amide bonds. The molecule has 12 nitrogen and oxygen atoms in total. The van der Waals surface area contributed by atoms with Crippen LogP contribution < -0.4 is 0 Å². The molecule has 0 aliphatic heterocycles. The molecule has 0 radical (unpaired) electrons. The van der Waals surface area contributed by atoms with Gasteiger partial charge in [0.2, 0.25) is 0 Å². The Morgan fingerprint density at radius 3 is 1.15 bits per heavy atom. The van der Waals surface area contributed by atoms with Crippen molar-refractivity contribution >= 4 is 135 Å². The summed E-state index contributed by atoms with van der Waals surface area (Å²) < 4.78 is 66.8. The first-order chi connectivity index (χ1) is 25.8. The van der Waals surface area contributed by atoms with Crippen LogP contribution in [0.3, 0.4) is 0 Å². The van der Waals surface area contributed by atoms with E-state index in [1.165, 1.54) is 24.3 Å². The van der Waals surface area contributed by atoms with Crippen LogP contribution in [-0.2, 0) is 20.2 Å². The molecule has 0 fully saturated rings. The van der Waals surface area contributed by atoms with Crippen LogP contribution in [0.25, 0.3) is 43.1 Å². The predicted octanol–water partition coefficient (Wildman–Crippen LogP) is 9.66. The number of hydrogen-bond donors (Lipinski definition) is 2. The number of azo groups is 2. The van der Waals surface area contributed by atoms with E-state index >= 15 is 0 Å². The minimum atomic E-state index is -4.50. The summed E-state index contributed by atoms with van der Waals surface area (Å²) in [5.41, 5.74) is 1.82. The maximum absolute atomic E-state index is 11.1. The Morgan fingerprint density at radius 1 is 0.400 bits per heavy atom. The fraction of sp³-hybridized carbons (Fsp3) is 0. The Bertz CT molecular complexity index is 2840. The molecule has 55 heavy (non-hydrogen) atoms. The molecule has 8 rings (SSSR count). The van der Waals surface area contributed by atoms with E-state index in [0.717, 1.165) is 32.3 Å². The van der Waals surface area contributed by atoms with Crippen molar-refractivity contribution in [3.05, 3.63) is 146 Å². The average molecular weight is 892 g/mol. The number of benzene rings is 8. The van der Waals surface area contributed by atoms with E-state index in [-0.39, 0.29) is 70.2 Å². The molecular formula is C40H26BaN4O8S2. The molecule has 0 saturated carbocycles. The molecule has 0 aromatic heterocycles. The van der Waals surface area contributed by atoms with E-state index in [0.29, 0.717) is 33.5 Å². The summed E-state index contributed by atoms with van der Waals surface area (Å²) in [5.74, 6) is 0.0621. The molecule has 0 atom stereocenters. The molecule has 0 aliphatic carbocycles. The van der Waals surface area contributed by atoms with E-state index < -0.39 is 20.2 Å². The van der Waals surface area contributed by atoms with E-state index in [9.17, 15) is 36.2 Å². The van der Waals surface area contributed by atoms with Crippen LogP contribution in [0, 0.1) is 0 Å². The summed E-state index contributed by atoms with van der Waals surface area (Å²) in [7, 11) is -8.99. The van der Waals surface area contributed by atoms with Crippen molar-refractivity contribution in [1.29, 1.82) is 0 Å². The Kier molecular flexibility index (Phi) is 11.8. The second-order valence-electron chi connectivity index (χ2n) is 12.0. The number of hydrogen-bond acceptors (Lipinski definition) is 12. The third kappa shape index (κ3) is 9.11. The average Bonchev–Trinajstić information content (AvgIpc) is 3.16. The number of nitrogens with zero attached hydrogens (tertiary/aromatic N) is 4. The first-order valence-electron chi connectivity index (χ1n) is 16.1. The zero-order chi connectivity index (χ0) is 38.0. The summed E-state index contributed by atoms with van der Waals surface area (Å²) in [6, 6.07) is 40.2. The van der Waals surface area contributed by atoms with Crippen LogP contribution >= 0.6 is 0 Å². The Hall–Kier alpha value is -5.01. The number of phenols is 2. The van der Waals surface area contributed by atoms with Crippen LogP contribution in [0.15, 0.2) is 176 Å². The van der Waals surface area contributed by atoms with Crippen LogP contribution in [0.4, 0.5) is 22.7 Å². The minimum absolute atomic E-state index is 0. The predicted molar refractivity (Wildman–Crippen MR) is 209 cm³/mol. The van der Waals surface area contributed by atoms with E-state index in [2.05, 4.69) is 20.5 Å². The molecule has 2 N–H and O–H groups in total. The summed E-state index contributed by atoms with van der Waals surface area (Å²) in [6.45, 7) is 0. The van der Waals surface area contributed by atoms with E-state index in [1.807, 2.05) is 48.5 Å². The zero-order valence-electron chi connectivity index (χ0n) is 28.5. The van der Waals surface area contributed by atoms with Gasteiger partial charge in [-0.2, -0.15) is 10.2 Å². The Labute approximate surface area is 355 Å². The van der Waals surface area contributed by atoms with E-state index in [1.54, 1.807) is 72.8 Å². The molecule has 0 aliphatic rings. The maximum Gasteiger partial charge on any atom is 2.00 e. The van der Waals surface area contributed by atoms with Crippen molar-refractivity contribution in [2.24, 2.45) is 20.5 Å². The van der Waals surface area contributed by atoms with Crippen LogP contribution in [0.5, 0.6) is 11.5 Å². The molecule has 0 unspecified atom stereocenters. The van der Waals surface area contributed by atoms with Gasteiger partial charge in [-0.1, -0.05) is 84.9 Å². The SMILES string of the molecule is O=S(=O)([O-])c1ccc2cc(N=Nc3c(O)ccc4ccccc34)ccc2c1.O=S(=O)([O-])c1ccc2cc(N=Nc3c(O)ccc4ccccc34)ccc2c1.[Ba+2]. The van der Waals surface area contributed by atoms with Crippen molar-refractivity contribution in [2.45, 2.75) is 9.79 Å². The first-order valence-corrected chi connectivity index (χ1v) is 18.9. The molecule has 0 heterocycles. The molecule has 0 saturated heterocycles. The fourth-order valence-electron chi connectivity index (χ4n) is 5.77. The second kappa shape index (κ2) is 16.4.